The van der Waals surface area contributed by atoms with Crippen molar-refractivity contribution in [2.24, 2.45) is 5.73 Å². The number of pyridine rings is 1. The highest BCUT2D eigenvalue weighted by Crippen LogP contribution is 2.15. The van der Waals surface area contributed by atoms with Crippen LogP contribution >= 0.6 is 0 Å². The third kappa shape index (κ3) is 4.55. The standard InChI is InChI=1S/C19H25N5O/c1-23-9-11-24(12-10-23)17-13-15(7-8-21-17)14-22-19(25)18(20)16-5-3-2-4-6-16/h2-8,13,18H,9-12,14,20H2,1H3,(H,22,25). The van der Waals surface area contributed by atoms with E-state index in [2.05, 4.69) is 27.1 Å². The van der Waals surface area contributed by atoms with Crippen molar-refractivity contribution in [2.75, 3.05) is 38.1 Å². The van der Waals surface area contributed by atoms with Crippen LogP contribution in [0.2, 0.25) is 0 Å². The second-order valence-corrected chi connectivity index (χ2v) is 6.42. The first-order valence-electron chi connectivity index (χ1n) is 8.60. The number of carbonyl (C=O) groups is 1. The van der Waals surface area contributed by atoms with Crippen molar-refractivity contribution < 1.29 is 4.79 Å². The molecule has 25 heavy (non-hydrogen) atoms. The summed E-state index contributed by atoms with van der Waals surface area (Å²) in [5, 5.41) is 2.92. The number of benzene rings is 1. The number of rotatable bonds is 5. The molecule has 2 heterocycles. The summed E-state index contributed by atoms with van der Waals surface area (Å²) in [4.78, 5) is 21.3. The van der Waals surface area contributed by atoms with E-state index in [0.29, 0.717) is 6.54 Å². The Morgan fingerprint density at radius 2 is 1.92 bits per heavy atom. The van der Waals surface area contributed by atoms with E-state index in [-0.39, 0.29) is 5.91 Å². The Hall–Kier alpha value is -2.44. The molecule has 1 aliphatic heterocycles. The number of nitrogens with one attached hydrogen (secondary N) is 1. The molecule has 1 fully saturated rings. The first-order chi connectivity index (χ1) is 12.1. The molecule has 0 bridgehead atoms. The van der Waals surface area contributed by atoms with Gasteiger partial charge in [-0.1, -0.05) is 30.3 Å². The van der Waals surface area contributed by atoms with Gasteiger partial charge in [-0.3, -0.25) is 4.79 Å². The van der Waals surface area contributed by atoms with E-state index < -0.39 is 6.04 Å². The highest BCUT2D eigenvalue weighted by molar-refractivity contribution is 5.82. The first kappa shape index (κ1) is 17.4. The van der Waals surface area contributed by atoms with E-state index in [1.807, 2.05) is 42.5 Å². The molecule has 3 rings (SSSR count). The summed E-state index contributed by atoms with van der Waals surface area (Å²) in [6.07, 6.45) is 1.80. The minimum absolute atomic E-state index is 0.177. The Bertz CT molecular complexity index is 698. The summed E-state index contributed by atoms with van der Waals surface area (Å²) in [5.41, 5.74) is 7.86. The second kappa shape index (κ2) is 8.09. The van der Waals surface area contributed by atoms with Crippen molar-refractivity contribution >= 4 is 11.7 Å². The maximum atomic E-state index is 12.3. The molecule has 0 radical (unpaired) electrons. The maximum Gasteiger partial charge on any atom is 0.241 e. The number of piperazine rings is 1. The highest BCUT2D eigenvalue weighted by Gasteiger charge is 2.17. The summed E-state index contributed by atoms with van der Waals surface area (Å²) >= 11 is 0. The average Bonchev–Trinajstić information content (AvgIpc) is 2.67. The maximum absolute atomic E-state index is 12.3. The Labute approximate surface area is 148 Å². The summed E-state index contributed by atoms with van der Waals surface area (Å²) in [5.74, 6) is 0.788. The van der Waals surface area contributed by atoms with Gasteiger partial charge in [-0.25, -0.2) is 4.98 Å². The summed E-state index contributed by atoms with van der Waals surface area (Å²) in [7, 11) is 2.13. The lowest BCUT2D eigenvalue weighted by Crippen LogP contribution is -2.44. The number of likely N-dealkylation sites (N-methyl/N-ethyl adjacent to an activating group) is 1. The van der Waals surface area contributed by atoms with Crippen molar-refractivity contribution in [3.8, 4) is 0 Å². The lowest BCUT2D eigenvalue weighted by Gasteiger charge is -2.33. The molecule has 1 aliphatic rings. The van der Waals surface area contributed by atoms with Crippen LogP contribution < -0.4 is 16.0 Å². The topological polar surface area (TPSA) is 74.5 Å². The van der Waals surface area contributed by atoms with E-state index in [0.717, 1.165) is 43.1 Å². The third-order valence-electron chi connectivity index (χ3n) is 4.55. The zero-order valence-corrected chi connectivity index (χ0v) is 14.6. The van der Waals surface area contributed by atoms with Crippen molar-refractivity contribution in [3.05, 3.63) is 59.8 Å². The molecule has 3 N–H and O–H groups in total. The molecule has 1 aromatic heterocycles. The van der Waals surface area contributed by atoms with Gasteiger partial charge in [-0.05, 0) is 30.3 Å². The Balaban J connectivity index is 1.58. The quantitative estimate of drug-likeness (QED) is 0.855. The van der Waals surface area contributed by atoms with Crippen molar-refractivity contribution in [1.82, 2.24) is 15.2 Å². The van der Waals surface area contributed by atoms with Crippen molar-refractivity contribution in [3.63, 3.8) is 0 Å². The van der Waals surface area contributed by atoms with Crippen molar-refractivity contribution in [2.45, 2.75) is 12.6 Å². The van der Waals surface area contributed by atoms with Gasteiger partial charge in [0.15, 0.2) is 0 Å². The fraction of sp³-hybridized carbons (Fsp3) is 0.368. The molecule has 1 aromatic carbocycles. The van der Waals surface area contributed by atoms with Crippen LogP contribution in [0.15, 0.2) is 48.7 Å². The molecule has 0 aliphatic carbocycles. The lowest BCUT2D eigenvalue weighted by molar-refractivity contribution is -0.122. The number of hydrogen-bond donors (Lipinski definition) is 2. The molecule has 6 heteroatoms. The predicted octanol–water partition coefficient (Wildman–Crippen LogP) is 1.15. The number of hydrogen-bond acceptors (Lipinski definition) is 5. The van der Waals surface area contributed by atoms with Crippen LogP contribution in [0, 0.1) is 0 Å². The molecule has 1 atom stereocenters. The van der Waals surface area contributed by atoms with Crippen LogP contribution in [0.25, 0.3) is 0 Å². The number of anilines is 1. The normalized spacial score (nSPS) is 16.5. The van der Waals surface area contributed by atoms with Crippen LogP contribution in [0.4, 0.5) is 5.82 Å². The summed E-state index contributed by atoms with van der Waals surface area (Å²) < 4.78 is 0. The van der Waals surface area contributed by atoms with Crippen LogP contribution in [0.5, 0.6) is 0 Å². The third-order valence-corrected chi connectivity index (χ3v) is 4.55. The lowest BCUT2D eigenvalue weighted by atomic mass is 10.1. The van der Waals surface area contributed by atoms with Gasteiger partial charge in [-0.2, -0.15) is 0 Å². The Kier molecular flexibility index (Phi) is 5.63. The minimum Gasteiger partial charge on any atom is -0.354 e. The van der Waals surface area contributed by atoms with E-state index >= 15 is 0 Å². The smallest absolute Gasteiger partial charge is 0.241 e. The van der Waals surface area contributed by atoms with Crippen LogP contribution in [0.3, 0.4) is 0 Å². The van der Waals surface area contributed by atoms with Crippen molar-refractivity contribution in [1.29, 1.82) is 0 Å². The number of aromatic nitrogens is 1. The van der Waals surface area contributed by atoms with Crippen LogP contribution in [0.1, 0.15) is 17.2 Å². The Morgan fingerprint density at radius 3 is 2.64 bits per heavy atom. The van der Waals surface area contributed by atoms with Gasteiger partial charge in [-0.15, -0.1) is 0 Å². The van der Waals surface area contributed by atoms with Gasteiger partial charge in [0.2, 0.25) is 5.91 Å². The highest BCUT2D eigenvalue weighted by atomic mass is 16.2. The summed E-state index contributed by atoms with van der Waals surface area (Å²) in [6, 6.07) is 12.7. The molecule has 132 valence electrons. The molecule has 1 saturated heterocycles. The van der Waals surface area contributed by atoms with Gasteiger partial charge in [0.05, 0.1) is 0 Å². The first-order valence-corrected chi connectivity index (χ1v) is 8.60. The Morgan fingerprint density at radius 1 is 1.20 bits per heavy atom. The SMILES string of the molecule is CN1CCN(c2cc(CNC(=O)C(N)c3ccccc3)ccn2)CC1. The van der Waals surface area contributed by atoms with Gasteiger partial charge in [0.1, 0.15) is 11.9 Å². The molecule has 0 saturated carbocycles. The van der Waals surface area contributed by atoms with E-state index in [1.165, 1.54) is 0 Å². The van der Waals surface area contributed by atoms with E-state index in [4.69, 9.17) is 5.73 Å². The predicted molar refractivity (Wildman–Crippen MR) is 99.2 cm³/mol. The van der Waals surface area contributed by atoms with Crippen LogP contribution in [-0.4, -0.2) is 49.0 Å². The molecule has 2 aromatic rings. The monoisotopic (exact) mass is 339 g/mol. The van der Waals surface area contributed by atoms with Gasteiger partial charge >= 0.3 is 0 Å². The van der Waals surface area contributed by atoms with Gasteiger partial charge in [0.25, 0.3) is 0 Å². The zero-order chi connectivity index (χ0) is 17.6. The average molecular weight is 339 g/mol. The number of amides is 1. The minimum atomic E-state index is -0.653. The molecule has 0 spiro atoms. The van der Waals surface area contributed by atoms with E-state index in [9.17, 15) is 4.79 Å². The van der Waals surface area contributed by atoms with Crippen LogP contribution in [-0.2, 0) is 11.3 Å². The largest absolute Gasteiger partial charge is 0.354 e. The summed E-state index contributed by atoms with van der Waals surface area (Å²) in [6.45, 7) is 4.46. The zero-order valence-electron chi connectivity index (χ0n) is 14.6. The molecule has 1 amide bonds. The number of nitrogens with two attached hydrogens (primary N) is 1. The fourth-order valence-corrected chi connectivity index (χ4v) is 2.89. The van der Waals surface area contributed by atoms with Gasteiger partial charge < -0.3 is 20.9 Å². The molecular formula is C19H25N5O. The number of carbonyl (C=O) groups excluding carboxylic acids is 1. The number of nitrogens with zero attached hydrogens (tertiary/aromatic N) is 3. The molecular weight excluding hydrogens is 314 g/mol. The fourth-order valence-electron chi connectivity index (χ4n) is 2.89. The molecule has 6 nitrogen and oxygen atoms in total. The van der Waals surface area contributed by atoms with Gasteiger partial charge in [0, 0.05) is 38.9 Å². The molecule has 1 unspecified atom stereocenters. The van der Waals surface area contributed by atoms with E-state index in [1.54, 1.807) is 6.20 Å². The second-order valence-electron chi connectivity index (χ2n) is 6.42.